The molecule has 130 valence electrons. The topological polar surface area (TPSA) is 144 Å². The van der Waals surface area contributed by atoms with Gasteiger partial charge in [0.05, 0.1) is 31.9 Å². The number of nitrogens with one attached hydrogen (secondary N) is 2. The van der Waals surface area contributed by atoms with Gasteiger partial charge in [0.2, 0.25) is 0 Å². The number of non-ortho nitro benzene ring substituents is 2. The van der Waals surface area contributed by atoms with Crippen molar-refractivity contribution in [2.75, 3.05) is 0 Å². The molecule has 2 aromatic carbocycles. The molecule has 0 aliphatic carbocycles. The van der Waals surface area contributed by atoms with E-state index in [1.54, 1.807) is 12.1 Å². The van der Waals surface area contributed by atoms with E-state index in [0.29, 0.717) is 46.6 Å². The minimum atomic E-state index is -0.451. The number of nitro groups is 2. The van der Waals surface area contributed by atoms with Crippen LogP contribution in [0.5, 0.6) is 0 Å². The van der Waals surface area contributed by atoms with Gasteiger partial charge in [-0.1, -0.05) is 0 Å². The maximum absolute atomic E-state index is 10.8. The third kappa shape index (κ3) is 2.83. The van der Waals surface area contributed by atoms with Crippen LogP contribution in [0.3, 0.4) is 0 Å². The smallest absolute Gasteiger partial charge is 0.271 e. The number of aromatic amines is 2. The number of nitrogens with zero attached hydrogens (tertiary/aromatic N) is 4. The van der Waals surface area contributed by atoms with Crippen molar-refractivity contribution in [1.29, 1.82) is 0 Å². The highest BCUT2D eigenvalue weighted by Crippen LogP contribution is 2.21. The number of hydrogen-bond donors (Lipinski definition) is 2. The molecule has 0 aliphatic heterocycles. The lowest BCUT2D eigenvalue weighted by molar-refractivity contribution is -0.384. The number of benzene rings is 2. The molecule has 0 saturated carbocycles. The predicted octanol–water partition coefficient (Wildman–Crippen LogP) is 3.04. The van der Waals surface area contributed by atoms with Gasteiger partial charge in [-0.25, -0.2) is 9.97 Å². The van der Waals surface area contributed by atoms with Crippen LogP contribution in [-0.4, -0.2) is 29.8 Å². The number of hydrogen-bond acceptors (Lipinski definition) is 6. The summed E-state index contributed by atoms with van der Waals surface area (Å²) in [6.45, 7) is 0. The quantitative estimate of drug-likeness (QED) is 0.417. The fourth-order valence-corrected chi connectivity index (χ4v) is 2.80. The second-order valence-corrected chi connectivity index (χ2v) is 5.78. The molecule has 0 spiro atoms. The lowest BCUT2D eigenvalue weighted by Gasteiger charge is -1.93. The van der Waals surface area contributed by atoms with Crippen molar-refractivity contribution in [2.24, 2.45) is 0 Å². The van der Waals surface area contributed by atoms with Crippen LogP contribution in [-0.2, 0) is 12.8 Å². The molecular weight excluding hydrogens is 340 g/mol. The molecule has 10 nitrogen and oxygen atoms in total. The van der Waals surface area contributed by atoms with E-state index in [9.17, 15) is 20.2 Å². The third-order valence-electron chi connectivity index (χ3n) is 4.05. The maximum Gasteiger partial charge on any atom is 0.271 e. The maximum atomic E-state index is 10.8. The van der Waals surface area contributed by atoms with Gasteiger partial charge in [-0.2, -0.15) is 0 Å². The Kier molecular flexibility index (Phi) is 3.57. The highest BCUT2D eigenvalue weighted by Gasteiger charge is 2.12. The second-order valence-electron chi connectivity index (χ2n) is 5.78. The van der Waals surface area contributed by atoms with Crippen LogP contribution in [0.15, 0.2) is 36.4 Å². The van der Waals surface area contributed by atoms with E-state index in [4.69, 9.17) is 0 Å². The van der Waals surface area contributed by atoms with E-state index in [1.807, 2.05) is 0 Å². The Bertz CT molecular complexity index is 1070. The first-order valence-electron chi connectivity index (χ1n) is 7.76. The summed E-state index contributed by atoms with van der Waals surface area (Å²) in [5.74, 6) is 1.37. The van der Waals surface area contributed by atoms with Crippen LogP contribution < -0.4 is 0 Å². The Morgan fingerprint density at radius 2 is 1.19 bits per heavy atom. The van der Waals surface area contributed by atoms with E-state index < -0.39 is 9.85 Å². The summed E-state index contributed by atoms with van der Waals surface area (Å²) in [5, 5.41) is 21.7. The van der Waals surface area contributed by atoms with Crippen LogP contribution in [0.1, 0.15) is 11.6 Å². The molecule has 2 aromatic heterocycles. The van der Waals surface area contributed by atoms with E-state index in [1.165, 1.54) is 24.3 Å². The lowest BCUT2D eigenvalue weighted by atomic mass is 10.3. The summed E-state index contributed by atoms with van der Waals surface area (Å²) in [6.07, 6.45) is 1.09. The second kappa shape index (κ2) is 5.92. The fraction of sp³-hybridized carbons (Fsp3) is 0.125. The van der Waals surface area contributed by atoms with Gasteiger partial charge in [-0.15, -0.1) is 0 Å². The SMILES string of the molecule is O=[N+]([O-])c1ccc2nc(CCc3nc4ccc([N+](=O)[O-])cc4[nH]3)[nH]c2c1. The van der Waals surface area contributed by atoms with Crippen molar-refractivity contribution in [2.45, 2.75) is 12.8 Å². The van der Waals surface area contributed by atoms with Crippen molar-refractivity contribution in [3.05, 3.63) is 68.3 Å². The molecule has 26 heavy (non-hydrogen) atoms. The molecule has 0 bridgehead atoms. The first-order valence-corrected chi connectivity index (χ1v) is 7.76. The third-order valence-corrected chi connectivity index (χ3v) is 4.05. The van der Waals surface area contributed by atoms with Crippen molar-refractivity contribution < 1.29 is 9.85 Å². The van der Waals surface area contributed by atoms with Gasteiger partial charge in [-0.3, -0.25) is 20.2 Å². The first kappa shape index (κ1) is 15.7. The average molecular weight is 352 g/mol. The molecule has 4 rings (SSSR count). The highest BCUT2D eigenvalue weighted by molar-refractivity contribution is 5.78. The highest BCUT2D eigenvalue weighted by atomic mass is 16.6. The van der Waals surface area contributed by atoms with Crippen LogP contribution in [0.25, 0.3) is 22.1 Å². The van der Waals surface area contributed by atoms with Gasteiger partial charge < -0.3 is 9.97 Å². The van der Waals surface area contributed by atoms with Gasteiger partial charge >= 0.3 is 0 Å². The van der Waals surface area contributed by atoms with Crippen molar-refractivity contribution in [1.82, 2.24) is 19.9 Å². The van der Waals surface area contributed by atoms with Crippen LogP contribution in [0.4, 0.5) is 11.4 Å². The van der Waals surface area contributed by atoms with Gasteiger partial charge in [-0.05, 0) is 12.1 Å². The molecule has 0 aliphatic rings. The number of fused-ring (bicyclic) bond motifs is 2. The molecule has 2 N–H and O–H groups in total. The molecule has 0 fully saturated rings. The van der Waals surface area contributed by atoms with Gasteiger partial charge in [0.1, 0.15) is 11.6 Å². The predicted molar refractivity (Wildman–Crippen MR) is 92.9 cm³/mol. The molecule has 4 aromatic rings. The molecule has 2 heterocycles. The molecule has 0 saturated heterocycles. The molecular formula is C16H12N6O4. The molecule has 0 atom stereocenters. The minimum absolute atomic E-state index is 0.00609. The van der Waals surface area contributed by atoms with E-state index >= 15 is 0 Å². The summed E-state index contributed by atoms with van der Waals surface area (Å²) in [7, 11) is 0. The number of H-pyrrole nitrogens is 2. The Labute approximate surface area is 145 Å². The number of aromatic nitrogens is 4. The average Bonchev–Trinajstić information content (AvgIpc) is 3.21. The van der Waals surface area contributed by atoms with Gasteiger partial charge in [0.15, 0.2) is 0 Å². The summed E-state index contributed by atoms with van der Waals surface area (Å²) in [4.78, 5) is 35.7. The molecule has 0 radical (unpaired) electrons. The lowest BCUT2D eigenvalue weighted by Crippen LogP contribution is -1.95. The largest absolute Gasteiger partial charge is 0.342 e. The molecule has 10 heteroatoms. The molecule has 0 amide bonds. The summed E-state index contributed by atoms with van der Waals surface area (Å²) in [6, 6.07) is 8.94. The Balaban J connectivity index is 1.54. The first-order chi connectivity index (χ1) is 12.5. The van der Waals surface area contributed by atoms with Gasteiger partial charge in [0, 0.05) is 37.1 Å². The molecule has 0 unspecified atom stereocenters. The van der Waals surface area contributed by atoms with E-state index in [-0.39, 0.29) is 11.4 Å². The summed E-state index contributed by atoms with van der Waals surface area (Å²) in [5.41, 5.74) is 2.54. The van der Waals surface area contributed by atoms with Crippen molar-refractivity contribution in [3.8, 4) is 0 Å². The van der Waals surface area contributed by atoms with Crippen molar-refractivity contribution >= 4 is 33.4 Å². The number of rotatable bonds is 5. The minimum Gasteiger partial charge on any atom is -0.342 e. The van der Waals surface area contributed by atoms with Crippen LogP contribution in [0.2, 0.25) is 0 Å². The van der Waals surface area contributed by atoms with E-state index in [0.717, 1.165) is 0 Å². The van der Waals surface area contributed by atoms with Gasteiger partial charge in [0.25, 0.3) is 11.4 Å². The van der Waals surface area contributed by atoms with Crippen LogP contribution in [0, 0.1) is 20.2 Å². The summed E-state index contributed by atoms with van der Waals surface area (Å²) < 4.78 is 0. The normalized spacial score (nSPS) is 11.2. The Hall–Kier alpha value is -3.82. The fourth-order valence-electron chi connectivity index (χ4n) is 2.80. The summed E-state index contributed by atoms with van der Waals surface area (Å²) >= 11 is 0. The standard InChI is InChI=1S/C16H12N6O4/c23-21(24)9-1-3-11-13(7-9)19-15(17-11)5-6-16-18-12-4-2-10(22(25)26)8-14(12)20-16/h1-4,7-8H,5-6H2,(H,17,19)(H,18,20). The number of imidazole rings is 2. The Morgan fingerprint density at radius 3 is 1.58 bits per heavy atom. The Morgan fingerprint density at radius 1 is 0.769 bits per heavy atom. The number of aryl methyl sites for hydroxylation is 2. The zero-order valence-electron chi connectivity index (χ0n) is 13.3. The zero-order valence-corrected chi connectivity index (χ0v) is 13.3. The monoisotopic (exact) mass is 352 g/mol. The van der Waals surface area contributed by atoms with Crippen LogP contribution >= 0.6 is 0 Å². The number of nitro benzene ring substituents is 2. The van der Waals surface area contributed by atoms with E-state index in [2.05, 4.69) is 19.9 Å². The van der Waals surface area contributed by atoms with Crippen molar-refractivity contribution in [3.63, 3.8) is 0 Å². The zero-order chi connectivity index (χ0) is 18.3.